The van der Waals surface area contributed by atoms with Gasteiger partial charge < -0.3 is 4.90 Å². The number of carbonyl (C=O) groups is 1. The van der Waals surface area contributed by atoms with Crippen LogP contribution in [0.15, 0.2) is 113 Å². The Hall–Kier alpha value is -3.50. The molecule has 4 aromatic carbocycles. The Kier molecular flexibility index (Phi) is 5.70. The number of anilines is 1. The van der Waals surface area contributed by atoms with Crippen molar-refractivity contribution in [2.45, 2.75) is 6.42 Å². The molecule has 0 saturated heterocycles. The Bertz CT molecular complexity index is 1280. The lowest BCUT2D eigenvalue weighted by molar-refractivity contribution is -0.112. The molecule has 4 heteroatoms. The van der Waals surface area contributed by atoms with Crippen LogP contribution in [0.2, 0.25) is 0 Å². The predicted octanol–water partition coefficient (Wildman–Crippen LogP) is 6.83. The number of hydrogen-bond acceptors (Lipinski definition) is 2. The van der Waals surface area contributed by atoms with Crippen LogP contribution in [0.25, 0.3) is 11.1 Å². The maximum Gasteiger partial charge on any atom is 0.277 e. The van der Waals surface area contributed by atoms with Crippen LogP contribution in [0, 0.1) is 0 Å². The van der Waals surface area contributed by atoms with E-state index in [-0.39, 0.29) is 5.91 Å². The van der Waals surface area contributed by atoms with Crippen LogP contribution < -0.4 is 4.90 Å². The average Bonchev–Trinajstić information content (AvgIpc) is 3.09. The number of amides is 1. The zero-order valence-corrected chi connectivity index (χ0v) is 19.0. The molecule has 0 N–H and O–H groups in total. The summed E-state index contributed by atoms with van der Waals surface area (Å²) in [6.45, 7) is 0.615. The monoisotopic (exact) mass is 480 g/mol. The van der Waals surface area contributed by atoms with Crippen molar-refractivity contribution in [1.29, 1.82) is 0 Å². The molecule has 0 fully saturated rings. The second kappa shape index (κ2) is 8.93. The van der Waals surface area contributed by atoms with Gasteiger partial charge in [-0.3, -0.25) is 4.79 Å². The van der Waals surface area contributed by atoms with Gasteiger partial charge in [0.05, 0.1) is 11.4 Å². The molecule has 5 rings (SSSR count). The minimum atomic E-state index is -0.0545. The van der Waals surface area contributed by atoms with Crippen molar-refractivity contribution >= 4 is 38.9 Å². The molecule has 1 aliphatic heterocycles. The van der Waals surface area contributed by atoms with E-state index in [1.165, 1.54) is 5.56 Å². The van der Waals surface area contributed by atoms with Gasteiger partial charge in [-0.2, -0.15) is 0 Å². The summed E-state index contributed by atoms with van der Waals surface area (Å²) >= 11 is 3.54. The number of fused-ring (bicyclic) bond motifs is 1. The molecule has 0 aliphatic carbocycles. The molecule has 0 atom stereocenters. The van der Waals surface area contributed by atoms with E-state index < -0.39 is 0 Å². The fourth-order valence-electron chi connectivity index (χ4n) is 3.99. The number of hydrogen-bond donors (Lipinski definition) is 0. The molecule has 0 saturated carbocycles. The summed E-state index contributed by atoms with van der Waals surface area (Å²) in [5, 5.41) is 0. The quantitative estimate of drug-likeness (QED) is 0.308. The maximum atomic E-state index is 13.4. The van der Waals surface area contributed by atoms with Gasteiger partial charge in [0, 0.05) is 16.6 Å². The van der Waals surface area contributed by atoms with Gasteiger partial charge in [0.15, 0.2) is 0 Å². The second-order valence-electron chi connectivity index (χ2n) is 7.73. The molecule has 0 spiro atoms. The zero-order valence-electron chi connectivity index (χ0n) is 17.4. The smallest absolute Gasteiger partial charge is 0.277 e. The minimum Gasteiger partial charge on any atom is -0.306 e. The molecule has 1 heterocycles. The van der Waals surface area contributed by atoms with E-state index in [2.05, 4.69) is 40.2 Å². The summed E-state index contributed by atoms with van der Waals surface area (Å²) in [6.07, 6.45) is 0.793. The molecule has 156 valence electrons. The van der Waals surface area contributed by atoms with Gasteiger partial charge in [0.25, 0.3) is 5.91 Å². The van der Waals surface area contributed by atoms with Crippen LogP contribution in [0.4, 0.5) is 11.4 Å². The normalized spacial score (nSPS) is 14.1. The topological polar surface area (TPSA) is 32.7 Å². The van der Waals surface area contributed by atoms with Gasteiger partial charge in [-0.15, -0.1) is 0 Å². The van der Waals surface area contributed by atoms with E-state index in [1.54, 1.807) is 0 Å². The third-order valence-corrected chi connectivity index (χ3v) is 6.13. The van der Waals surface area contributed by atoms with Gasteiger partial charge in [-0.1, -0.05) is 88.7 Å². The largest absolute Gasteiger partial charge is 0.306 e. The molecule has 0 radical (unpaired) electrons. The Balaban J connectivity index is 1.45. The first-order valence-corrected chi connectivity index (χ1v) is 11.4. The van der Waals surface area contributed by atoms with Gasteiger partial charge in [-0.25, -0.2) is 4.99 Å². The molecule has 4 aromatic rings. The summed E-state index contributed by atoms with van der Waals surface area (Å²) in [5.74, 6) is -0.0545. The number of aliphatic imine (C=N–C) groups is 1. The molecule has 0 bridgehead atoms. The summed E-state index contributed by atoms with van der Waals surface area (Å²) < 4.78 is 0.932. The highest BCUT2D eigenvalue weighted by Gasteiger charge is 2.33. The Morgan fingerprint density at radius 1 is 0.750 bits per heavy atom. The molecule has 0 unspecified atom stereocenters. The number of halogens is 1. The highest BCUT2D eigenvalue weighted by molar-refractivity contribution is 9.10. The Labute approximate surface area is 196 Å². The molecule has 1 aliphatic rings. The highest BCUT2D eigenvalue weighted by Crippen LogP contribution is 2.33. The van der Waals surface area contributed by atoms with E-state index in [1.807, 2.05) is 83.8 Å². The van der Waals surface area contributed by atoms with E-state index in [9.17, 15) is 4.79 Å². The van der Waals surface area contributed by atoms with Crippen molar-refractivity contribution in [3.8, 4) is 11.1 Å². The number of rotatable bonds is 5. The van der Waals surface area contributed by atoms with Gasteiger partial charge in [-0.05, 0) is 53.4 Å². The van der Waals surface area contributed by atoms with Crippen LogP contribution in [0.5, 0.6) is 0 Å². The SMILES string of the molecule is O=C1C(=Nc2ccc(-c3ccccc3)cc2)c2cc(Br)ccc2N1CCc1ccccc1. The molecular weight excluding hydrogens is 460 g/mol. The minimum absolute atomic E-state index is 0.0545. The van der Waals surface area contributed by atoms with E-state index >= 15 is 0 Å². The molecule has 0 aromatic heterocycles. The maximum absolute atomic E-state index is 13.4. The molecule has 1 amide bonds. The summed E-state index contributed by atoms with van der Waals surface area (Å²) in [7, 11) is 0. The van der Waals surface area contributed by atoms with Crippen molar-refractivity contribution in [2.24, 2.45) is 4.99 Å². The predicted molar refractivity (Wildman–Crippen MR) is 135 cm³/mol. The summed E-state index contributed by atoms with van der Waals surface area (Å²) in [6, 6.07) is 34.4. The molecule has 32 heavy (non-hydrogen) atoms. The number of nitrogens with zero attached hydrogens (tertiary/aromatic N) is 2. The van der Waals surface area contributed by atoms with Crippen LogP contribution in [-0.4, -0.2) is 18.2 Å². The first-order valence-electron chi connectivity index (χ1n) is 10.6. The van der Waals surface area contributed by atoms with Crippen LogP contribution in [0.1, 0.15) is 11.1 Å². The van der Waals surface area contributed by atoms with Crippen molar-refractivity contribution in [3.63, 3.8) is 0 Å². The second-order valence-corrected chi connectivity index (χ2v) is 8.64. The Morgan fingerprint density at radius 3 is 2.12 bits per heavy atom. The molecule has 3 nitrogen and oxygen atoms in total. The third-order valence-electron chi connectivity index (χ3n) is 5.63. The van der Waals surface area contributed by atoms with Gasteiger partial charge in [0.1, 0.15) is 5.71 Å². The van der Waals surface area contributed by atoms with E-state index in [4.69, 9.17) is 4.99 Å². The first-order chi connectivity index (χ1) is 15.7. The summed E-state index contributed by atoms with van der Waals surface area (Å²) in [5.41, 5.74) is 6.52. The summed E-state index contributed by atoms with van der Waals surface area (Å²) in [4.78, 5) is 20.0. The average molecular weight is 481 g/mol. The lowest BCUT2D eigenvalue weighted by atomic mass is 10.1. The lowest BCUT2D eigenvalue weighted by Gasteiger charge is -2.16. The van der Waals surface area contributed by atoms with Crippen LogP contribution >= 0.6 is 15.9 Å². The van der Waals surface area contributed by atoms with Crippen molar-refractivity contribution in [1.82, 2.24) is 0 Å². The van der Waals surface area contributed by atoms with Crippen molar-refractivity contribution in [2.75, 3.05) is 11.4 Å². The van der Waals surface area contributed by atoms with Crippen molar-refractivity contribution < 1.29 is 4.79 Å². The fourth-order valence-corrected chi connectivity index (χ4v) is 4.35. The number of carbonyl (C=O) groups excluding carboxylic acids is 1. The lowest BCUT2D eigenvalue weighted by Crippen LogP contribution is -2.32. The van der Waals surface area contributed by atoms with Gasteiger partial charge in [0.2, 0.25) is 0 Å². The first kappa shape index (κ1) is 20.4. The number of benzene rings is 4. The van der Waals surface area contributed by atoms with Crippen molar-refractivity contribution in [3.05, 3.63) is 119 Å². The highest BCUT2D eigenvalue weighted by atomic mass is 79.9. The fraction of sp³-hybridized carbons (Fsp3) is 0.0714. The van der Waals surface area contributed by atoms with Crippen LogP contribution in [0.3, 0.4) is 0 Å². The van der Waals surface area contributed by atoms with Crippen LogP contribution in [-0.2, 0) is 11.2 Å². The Morgan fingerprint density at radius 2 is 1.41 bits per heavy atom. The third kappa shape index (κ3) is 4.14. The van der Waals surface area contributed by atoms with Gasteiger partial charge >= 0.3 is 0 Å². The van der Waals surface area contributed by atoms with E-state index in [0.29, 0.717) is 12.3 Å². The standard InChI is InChI=1S/C28H21BrN2O/c29-23-13-16-26-25(19-23)27(28(32)31(26)18-17-20-7-3-1-4-8-20)30-24-14-11-22(12-15-24)21-9-5-2-6-10-21/h1-16,19H,17-18H2. The van der Waals surface area contributed by atoms with E-state index in [0.717, 1.165) is 39.0 Å². The zero-order chi connectivity index (χ0) is 21.9. The molecular formula is C28H21BrN2O.